The molecule has 2 aromatic carbocycles. The summed E-state index contributed by atoms with van der Waals surface area (Å²) >= 11 is 0. The summed E-state index contributed by atoms with van der Waals surface area (Å²) in [6.45, 7) is 2.79. The number of rotatable bonds is 6. The predicted octanol–water partition coefficient (Wildman–Crippen LogP) is 5.66. The molecule has 0 bridgehead atoms. The first-order valence-electron chi connectivity index (χ1n) is 16.1. The number of piperidine rings is 1. The lowest BCUT2D eigenvalue weighted by molar-refractivity contribution is -0.130. The van der Waals surface area contributed by atoms with Crippen molar-refractivity contribution in [2.24, 2.45) is 5.73 Å². The minimum absolute atomic E-state index is 0.233. The highest BCUT2D eigenvalue weighted by molar-refractivity contribution is 5.85. The van der Waals surface area contributed by atoms with Crippen molar-refractivity contribution in [3.8, 4) is 28.3 Å². The summed E-state index contributed by atoms with van der Waals surface area (Å²) in [5, 5.41) is 0. The average Bonchev–Trinajstić information content (AvgIpc) is 3.67. The summed E-state index contributed by atoms with van der Waals surface area (Å²) in [4.78, 5) is 31.4. The molecular weight excluding hydrogens is 560 g/mol. The number of likely N-dealkylation sites (tertiary alicyclic amines) is 1. The van der Waals surface area contributed by atoms with Crippen LogP contribution in [0, 0.1) is 0 Å². The molecule has 1 amide bonds. The molecule has 45 heavy (non-hydrogen) atoms. The molecule has 0 spiro atoms. The number of carbonyl (C=O) groups excluding carboxylic acids is 1. The van der Waals surface area contributed by atoms with Gasteiger partial charge in [0.2, 0.25) is 5.91 Å². The van der Waals surface area contributed by atoms with E-state index in [1.165, 1.54) is 12.1 Å². The highest BCUT2D eigenvalue weighted by atomic mass is 16.2. The van der Waals surface area contributed by atoms with E-state index in [1.807, 2.05) is 24.3 Å². The number of aromatic nitrogens is 4. The van der Waals surface area contributed by atoms with E-state index in [2.05, 4.69) is 67.9 Å². The fraction of sp³-hybridized carbons (Fsp3) is 0.333. The molecule has 5 aromatic rings. The number of hydrogen-bond acceptors (Lipinski definition) is 7. The van der Waals surface area contributed by atoms with Crippen LogP contribution in [0.1, 0.15) is 50.5 Å². The van der Waals surface area contributed by atoms with E-state index < -0.39 is 0 Å². The fourth-order valence-electron chi connectivity index (χ4n) is 7.29. The van der Waals surface area contributed by atoms with Crippen molar-refractivity contribution >= 4 is 28.6 Å². The largest absolute Gasteiger partial charge is 0.383 e. The van der Waals surface area contributed by atoms with Crippen molar-refractivity contribution in [2.45, 2.75) is 56.5 Å². The van der Waals surface area contributed by atoms with E-state index in [4.69, 9.17) is 21.4 Å². The topological polar surface area (TPSA) is 119 Å². The van der Waals surface area contributed by atoms with E-state index in [0.717, 1.165) is 91.0 Å². The number of amides is 1. The molecule has 0 radical (unpaired) electrons. The number of carbonyl (C=O) groups is 1. The fourth-order valence-corrected chi connectivity index (χ4v) is 7.29. The SMILES string of the molecule is Nc1ncccc1-c1nc2ccc(-c3cccc(N4CCC(N5CCCC5=O)CC4)c3)nc2n1-c1ccc(C2(N)CCC2)cc1. The van der Waals surface area contributed by atoms with Crippen molar-refractivity contribution in [3.63, 3.8) is 0 Å². The van der Waals surface area contributed by atoms with Gasteiger partial charge in [-0.25, -0.2) is 15.0 Å². The number of nitrogens with zero attached hydrogens (tertiary/aromatic N) is 6. The van der Waals surface area contributed by atoms with Crippen LogP contribution in [-0.4, -0.2) is 56.0 Å². The van der Waals surface area contributed by atoms with Gasteiger partial charge in [0.15, 0.2) is 11.5 Å². The molecule has 228 valence electrons. The first-order chi connectivity index (χ1) is 22.0. The summed E-state index contributed by atoms with van der Waals surface area (Å²) in [6.07, 6.45) is 8.59. The molecule has 4 N–H and O–H groups in total. The highest BCUT2D eigenvalue weighted by Gasteiger charge is 2.34. The van der Waals surface area contributed by atoms with Crippen molar-refractivity contribution in [3.05, 3.63) is 84.6 Å². The molecule has 3 aromatic heterocycles. The zero-order valence-electron chi connectivity index (χ0n) is 25.4. The molecule has 2 aliphatic heterocycles. The summed E-state index contributed by atoms with van der Waals surface area (Å²) in [5.74, 6) is 1.45. The number of imidazole rings is 1. The van der Waals surface area contributed by atoms with Crippen LogP contribution in [0.3, 0.4) is 0 Å². The molecule has 3 aliphatic rings. The van der Waals surface area contributed by atoms with E-state index in [0.29, 0.717) is 30.0 Å². The van der Waals surface area contributed by atoms with E-state index >= 15 is 0 Å². The third kappa shape index (κ3) is 4.91. The Morgan fingerprint density at radius 2 is 1.67 bits per heavy atom. The number of fused-ring (bicyclic) bond motifs is 1. The van der Waals surface area contributed by atoms with Gasteiger partial charge in [-0.1, -0.05) is 24.3 Å². The second-order valence-corrected chi connectivity index (χ2v) is 12.8. The first-order valence-corrected chi connectivity index (χ1v) is 16.1. The van der Waals surface area contributed by atoms with Gasteiger partial charge in [0, 0.05) is 60.8 Å². The number of nitrogens with two attached hydrogens (primary N) is 2. The molecule has 3 fully saturated rings. The van der Waals surface area contributed by atoms with Gasteiger partial charge in [0.05, 0.1) is 11.3 Å². The molecule has 2 saturated heterocycles. The number of benzene rings is 2. The number of hydrogen-bond donors (Lipinski definition) is 2. The highest BCUT2D eigenvalue weighted by Crippen LogP contribution is 2.39. The molecule has 8 rings (SSSR count). The molecule has 0 atom stereocenters. The van der Waals surface area contributed by atoms with Crippen LogP contribution in [0.15, 0.2) is 79.0 Å². The van der Waals surface area contributed by atoms with Crippen molar-refractivity contribution < 1.29 is 4.79 Å². The second-order valence-electron chi connectivity index (χ2n) is 12.8. The molecule has 9 nitrogen and oxygen atoms in total. The Bertz CT molecular complexity index is 1890. The maximum Gasteiger partial charge on any atom is 0.222 e. The lowest BCUT2D eigenvalue weighted by atomic mass is 9.73. The zero-order chi connectivity index (χ0) is 30.5. The molecule has 0 unspecified atom stereocenters. The third-order valence-corrected chi connectivity index (χ3v) is 10.1. The standard InChI is InChI=1S/C36H38N8O/c37-33-29(7-2-19-39-33)34-41-31-14-13-30(40-35(31)44(34)27-11-9-25(10-12-27)36(38)17-4-18-36)24-5-1-6-28(23-24)42-21-15-26(16-22-42)43-20-3-8-32(43)45/h1-2,5-7,9-14,19,23,26H,3-4,8,15-18,20-22,38H2,(H2,37,39). The number of anilines is 2. The Kier molecular flexibility index (Phi) is 6.78. The van der Waals surface area contributed by atoms with Gasteiger partial charge in [-0.3, -0.25) is 9.36 Å². The first kappa shape index (κ1) is 27.8. The smallest absolute Gasteiger partial charge is 0.222 e. The molecular formula is C36H38N8O. The molecule has 5 heterocycles. The van der Waals surface area contributed by atoms with Crippen LogP contribution in [0.2, 0.25) is 0 Å². The minimum atomic E-state index is -0.233. The summed E-state index contributed by atoms with van der Waals surface area (Å²) in [6, 6.07) is 25.4. The minimum Gasteiger partial charge on any atom is -0.383 e. The Labute approximate surface area is 262 Å². The second kappa shape index (κ2) is 11.0. The predicted molar refractivity (Wildman–Crippen MR) is 178 cm³/mol. The summed E-state index contributed by atoms with van der Waals surface area (Å²) < 4.78 is 2.08. The summed E-state index contributed by atoms with van der Waals surface area (Å²) in [7, 11) is 0. The van der Waals surface area contributed by atoms with E-state index in [-0.39, 0.29) is 5.54 Å². The van der Waals surface area contributed by atoms with Gasteiger partial charge >= 0.3 is 0 Å². The Balaban J connectivity index is 1.15. The van der Waals surface area contributed by atoms with Crippen molar-refractivity contribution in [1.29, 1.82) is 0 Å². The lowest BCUT2D eigenvalue weighted by Gasteiger charge is -2.38. The van der Waals surface area contributed by atoms with Crippen molar-refractivity contribution in [1.82, 2.24) is 24.4 Å². The van der Waals surface area contributed by atoms with Crippen LogP contribution in [0.4, 0.5) is 11.5 Å². The molecule has 9 heteroatoms. The van der Waals surface area contributed by atoms with Gasteiger partial charge in [0.1, 0.15) is 11.3 Å². The van der Waals surface area contributed by atoms with Crippen molar-refractivity contribution in [2.75, 3.05) is 30.3 Å². The van der Waals surface area contributed by atoms with E-state index in [1.54, 1.807) is 6.20 Å². The Morgan fingerprint density at radius 3 is 2.38 bits per heavy atom. The van der Waals surface area contributed by atoms with Gasteiger partial charge < -0.3 is 21.3 Å². The zero-order valence-corrected chi connectivity index (χ0v) is 25.4. The summed E-state index contributed by atoms with van der Waals surface area (Å²) in [5.41, 5.74) is 20.3. The van der Waals surface area contributed by atoms with Crippen LogP contribution >= 0.6 is 0 Å². The maximum absolute atomic E-state index is 12.3. The monoisotopic (exact) mass is 598 g/mol. The average molecular weight is 599 g/mol. The number of pyridine rings is 2. The quantitative estimate of drug-likeness (QED) is 0.259. The van der Waals surface area contributed by atoms with E-state index in [9.17, 15) is 4.79 Å². The van der Waals surface area contributed by atoms with Gasteiger partial charge in [-0.15, -0.1) is 0 Å². The van der Waals surface area contributed by atoms with Crippen LogP contribution < -0.4 is 16.4 Å². The Hall–Kier alpha value is -4.76. The van der Waals surface area contributed by atoms with Crippen LogP contribution in [0.5, 0.6) is 0 Å². The van der Waals surface area contributed by atoms with Crippen LogP contribution in [0.25, 0.3) is 39.5 Å². The lowest BCUT2D eigenvalue weighted by Crippen LogP contribution is -2.45. The third-order valence-electron chi connectivity index (χ3n) is 10.1. The van der Waals surface area contributed by atoms with Gasteiger partial charge in [-0.2, -0.15) is 0 Å². The molecule has 1 aliphatic carbocycles. The Morgan fingerprint density at radius 1 is 0.844 bits per heavy atom. The normalized spacial score (nSPS) is 18.5. The van der Waals surface area contributed by atoms with Gasteiger partial charge in [-0.05, 0) is 92.6 Å². The number of nitrogen functional groups attached to an aromatic ring is 1. The van der Waals surface area contributed by atoms with Gasteiger partial charge in [0.25, 0.3) is 0 Å². The molecule has 1 saturated carbocycles. The van der Waals surface area contributed by atoms with Crippen LogP contribution in [-0.2, 0) is 10.3 Å². The maximum atomic E-state index is 12.3.